The minimum Gasteiger partial charge on any atom is -0.389 e. The molecular weight excluding hydrogens is 190 g/mol. The zero-order valence-electron chi connectivity index (χ0n) is 9.74. The molecule has 0 spiro atoms. The summed E-state index contributed by atoms with van der Waals surface area (Å²) in [6, 6.07) is 0. The van der Waals surface area contributed by atoms with Gasteiger partial charge < -0.3 is 14.7 Å². The zero-order chi connectivity index (χ0) is 10.7. The van der Waals surface area contributed by atoms with Crippen molar-refractivity contribution >= 4 is 0 Å². The Morgan fingerprint density at radius 3 is 3.00 bits per heavy atom. The van der Waals surface area contributed by atoms with Crippen LogP contribution in [0.1, 0.15) is 38.5 Å². The van der Waals surface area contributed by atoms with Gasteiger partial charge in [0.1, 0.15) is 0 Å². The topological polar surface area (TPSA) is 32.7 Å². The Morgan fingerprint density at radius 2 is 2.40 bits per heavy atom. The second-order valence-electron chi connectivity index (χ2n) is 5.24. The van der Waals surface area contributed by atoms with Gasteiger partial charge in [-0.15, -0.1) is 0 Å². The van der Waals surface area contributed by atoms with Crippen LogP contribution in [0.25, 0.3) is 0 Å². The molecule has 2 unspecified atom stereocenters. The average Bonchev–Trinajstić information content (AvgIpc) is 2.77. The van der Waals surface area contributed by atoms with E-state index in [1.165, 1.54) is 12.8 Å². The molecule has 0 aromatic rings. The number of rotatable bonds is 4. The van der Waals surface area contributed by atoms with Gasteiger partial charge in [-0.25, -0.2) is 0 Å². The number of hydrogen-bond acceptors (Lipinski definition) is 3. The minimum atomic E-state index is -0.409. The number of hydrogen-bond donors (Lipinski definition) is 1. The van der Waals surface area contributed by atoms with Gasteiger partial charge in [0.05, 0.1) is 11.7 Å². The van der Waals surface area contributed by atoms with Crippen molar-refractivity contribution in [2.75, 3.05) is 26.7 Å². The number of nitrogens with zero attached hydrogens (tertiary/aromatic N) is 1. The molecule has 0 aromatic carbocycles. The second-order valence-corrected chi connectivity index (χ2v) is 5.24. The van der Waals surface area contributed by atoms with E-state index in [-0.39, 0.29) is 0 Å². The predicted molar refractivity (Wildman–Crippen MR) is 59.9 cm³/mol. The van der Waals surface area contributed by atoms with Gasteiger partial charge in [-0.1, -0.05) is 0 Å². The Hall–Kier alpha value is -0.120. The largest absolute Gasteiger partial charge is 0.389 e. The summed E-state index contributed by atoms with van der Waals surface area (Å²) in [7, 11) is 2.08. The lowest BCUT2D eigenvalue weighted by molar-refractivity contribution is 0.0337. The molecule has 2 fully saturated rings. The molecular formula is C12H23NO2. The molecule has 0 aliphatic carbocycles. The van der Waals surface area contributed by atoms with E-state index in [1.807, 2.05) is 0 Å². The van der Waals surface area contributed by atoms with E-state index in [9.17, 15) is 5.11 Å². The fourth-order valence-electron chi connectivity index (χ4n) is 2.79. The van der Waals surface area contributed by atoms with E-state index in [2.05, 4.69) is 11.9 Å². The molecule has 1 N–H and O–H groups in total. The normalized spacial score (nSPS) is 37.6. The molecule has 0 saturated carbocycles. The predicted octanol–water partition coefficient (Wildman–Crippen LogP) is 1.40. The first-order valence-electron chi connectivity index (χ1n) is 6.20. The van der Waals surface area contributed by atoms with E-state index < -0.39 is 5.60 Å². The maximum Gasteiger partial charge on any atom is 0.0786 e. The van der Waals surface area contributed by atoms with Gasteiger partial charge in [-0.3, -0.25) is 0 Å². The summed E-state index contributed by atoms with van der Waals surface area (Å²) in [5.41, 5.74) is -0.409. The highest BCUT2D eigenvalue weighted by molar-refractivity contribution is 4.88. The lowest BCUT2D eigenvalue weighted by Gasteiger charge is -2.22. The standard InChI is InChI=1S/C12H23NO2/c1-13-8-7-12(14,10-13)6-2-4-11-5-3-9-15-11/h11,14H,2-10H2,1H3. The molecule has 2 heterocycles. The molecule has 2 atom stereocenters. The van der Waals surface area contributed by atoms with Gasteiger partial charge in [0.25, 0.3) is 0 Å². The molecule has 2 rings (SSSR count). The van der Waals surface area contributed by atoms with Crippen molar-refractivity contribution in [3.63, 3.8) is 0 Å². The first-order valence-corrected chi connectivity index (χ1v) is 6.20. The number of aliphatic hydroxyl groups is 1. The third-order valence-corrected chi connectivity index (χ3v) is 3.72. The Balaban J connectivity index is 1.64. The van der Waals surface area contributed by atoms with Crippen LogP contribution < -0.4 is 0 Å². The Labute approximate surface area is 92.4 Å². The summed E-state index contributed by atoms with van der Waals surface area (Å²) in [5.74, 6) is 0. The van der Waals surface area contributed by atoms with Crippen molar-refractivity contribution in [2.24, 2.45) is 0 Å². The van der Waals surface area contributed by atoms with E-state index >= 15 is 0 Å². The van der Waals surface area contributed by atoms with Crippen LogP contribution in [0.2, 0.25) is 0 Å². The van der Waals surface area contributed by atoms with Crippen LogP contribution in [0.15, 0.2) is 0 Å². The Bertz CT molecular complexity index is 204. The van der Waals surface area contributed by atoms with Gasteiger partial charge in [0.15, 0.2) is 0 Å². The summed E-state index contributed by atoms with van der Waals surface area (Å²) in [5, 5.41) is 10.3. The highest BCUT2D eigenvalue weighted by Crippen LogP contribution is 2.27. The van der Waals surface area contributed by atoms with Crippen LogP contribution in [0.4, 0.5) is 0 Å². The van der Waals surface area contributed by atoms with Crippen molar-refractivity contribution in [1.29, 1.82) is 0 Å². The lowest BCUT2D eigenvalue weighted by atomic mass is 9.94. The zero-order valence-corrected chi connectivity index (χ0v) is 9.74. The monoisotopic (exact) mass is 213 g/mol. The molecule has 0 amide bonds. The summed E-state index contributed by atoms with van der Waals surface area (Å²) in [4.78, 5) is 2.21. The van der Waals surface area contributed by atoms with Crippen LogP contribution in [-0.2, 0) is 4.74 Å². The van der Waals surface area contributed by atoms with Crippen LogP contribution in [-0.4, -0.2) is 48.5 Å². The van der Waals surface area contributed by atoms with E-state index in [1.54, 1.807) is 0 Å². The summed E-state index contributed by atoms with van der Waals surface area (Å²) >= 11 is 0. The molecule has 2 aliphatic rings. The first-order chi connectivity index (χ1) is 7.18. The molecule has 2 saturated heterocycles. The van der Waals surface area contributed by atoms with Crippen molar-refractivity contribution < 1.29 is 9.84 Å². The van der Waals surface area contributed by atoms with E-state index in [0.29, 0.717) is 6.10 Å². The van der Waals surface area contributed by atoms with Crippen LogP contribution >= 0.6 is 0 Å². The van der Waals surface area contributed by atoms with Gasteiger partial charge >= 0.3 is 0 Å². The fraction of sp³-hybridized carbons (Fsp3) is 1.00. The first kappa shape index (κ1) is 11.4. The molecule has 0 bridgehead atoms. The van der Waals surface area contributed by atoms with Crippen molar-refractivity contribution in [1.82, 2.24) is 4.90 Å². The molecule has 88 valence electrons. The third kappa shape index (κ3) is 3.16. The van der Waals surface area contributed by atoms with Gasteiger partial charge in [-0.2, -0.15) is 0 Å². The maximum absolute atomic E-state index is 10.3. The molecule has 0 aromatic heterocycles. The minimum absolute atomic E-state index is 0.409. The van der Waals surface area contributed by atoms with Crippen molar-refractivity contribution in [3.8, 4) is 0 Å². The number of likely N-dealkylation sites (tertiary alicyclic amines) is 1. The summed E-state index contributed by atoms with van der Waals surface area (Å²) in [6.45, 7) is 2.83. The summed E-state index contributed by atoms with van der Waals surface area (Å²) < 4.78 is 5.58. The number of β-amino-alcohol motifs (C(OH)–C–C–N with tert-alkyl or cyclic N) is 1. The summed E-state index contributed by atoms with van der Waals surface area (Å²) in [6.07, 6.45) is 7.04. The highest BCUT2D eigenvalue weighted by Gasteiger charge is 2.33. The lowest BCUT2D eigenvalue weighted by Crippen LogP contribution is -2.32. The maximum atomic E-state index is 10.3. The van der Waals surface area contributed by atoms with E-state index in [4.69, 9.17) is 4.74 Å². The van der Waals surface area contributed by atoms with Crippen molar-refractivity contribution in [3.05, 3.63) is 0 Å². The van der Waals surface area contributed by atoms with E-state index in [0.717, 1.165) is 45.4 Å². The van der Waals surface area contributed by atoms with Gasteiger partial charge in [0.2, 0.25) is 0 Å². The smallest absolute Gasteiger partial charge is 0.0786 e. The third-order valence-electron chi connectivity index (χ3n) is 3.72. The molecule has 3 heteroatoms. The van der Waals surface area contributed by atoms with Gasteiger partial charge in [-0.05, 0) is 45.6 Å². The molecule has 0 radical (unpaired) electrons. The highest BCUT2D eigenvalue weighted by atomic mass is 16.5. The Kier molecular flexibility index (Phi) is 3.65. The second kappa shape index (κ2) is 4.81. The van der Waals surface area contributed by atoms with Gasteiger partial charge in [0, 0.05) is 19.7 Å². The Morgan fingerprint density at radius 1 is 1.53 bits per heavy atom. The SMILES string of the molecule is CN1CCC(O)(CCCC2CCCO2)C1. The molecule has 15 heavy (non-hydrogen) atoms. The molecule has 2 aliphatic heterocycles. The van der Waals surface area contributed by atoms with Crippen LogP contribution in [0.5, 0.6) is 0 Å². The molecule has 3 nitrogen and oxygen atoms in total. The van der Waals surface area contributed by atoms with Crippen molar-refractivity contribution in [2.45, 2.75) is 50.2 Å². The quantitative estimate of drug-likeness (QED) is 0.766. The average molecular weight is 213 g/mol. The van der Waals surface area contributed by atoms with Crippen LogP contribution in [0, 0.1) is 0 Å². The number of likely N-dealkylation sites (N-methyl/N-ethyl adjacent to an activating group) is 1. The fourth-order valence-corrected chi connectivity index (χ4v) is 2.79. The number of ether oxygens (including phenoxy) is 1. The van der Waals surface area contributed by atoms with Crippen LogP contribution in [0.3, 0.4) is 0 Å².